The van der Waals surface area contributed by atoms with Crippen molar-refractivity contribution in [1.82, 2.24) is 20.1 Å². The standard InChI is InChI=1S/C16H18N4O/c21-16-19(11-13-9-17-7-8-20(13)16)10-12-5-6-18-15-4-2-1-3-14(12)15/h1-6,13,17H,7-11H2. The van der Waals surface area contributed by atoms with E-state index in [1.165, 1.54) is 5.56 Å². The number of carbonyl (C=O) groups excluding carboxylic acids is 1. The first-order valence-electron chi connectivity index (χ1n) is 7.42. The molecule has 1 aromatic heterocycles. The number of aromatic nitrogens is 1. The second kappa shape index (κ2) is 5.00. The van der Waals surface area contributed by atoms with E-state index in [-0.39, 0.29) is 6.03 Å². The van der Waals surface area contributed by atoms with Gasteiger partial charge in [0.05, 0.1) is 11.6 Å². The second-order valence-corrected chi connectivity index (χ2v) is 5.70. The summed E-state index contributed by atoms with van der Waals surface area (Å²) in [4.78, 5) is 20.8. The molecule has 0 bridgehead atoms. The highest BCUT2D eigenvalue weighted by Crippen LogP contribution is 2.23. The summed E-state index contributed by atoms with van der Waals surface area (Å²) in [6, 6.07) is 10.6. The number of amides is 2. The van der Waals surface area contributed by atoms with Gasteiger partial charge < -0.3 is 15.1 Å². The Balaban J connectivity index is 1.62. The highest BCUT2D eigenvalue weighted by atomic mass is 16.2. The lowest BCUT2D eigenvalue weighted by Gasteiger charge is -2.28. The van der Waals surface area contributed by atoms with Gasteiger partial charge in [-0.25, -0.2) is 4.79 Å². The van der Waals surface area contributed by atoms with Crippen LogP contribution in [-0.4, -0.2) is 53.0 Å². The van der Waals surface area contributed by atoms with Crippen LogP contribution in [0, 0.1) is 0 Å². The van der Waals surface area contributed by atoms with Gasteiger partial charge in [0, 0.05) is 44.3 Å². The van der Waals surface area contributed by atoms with E-state index in [1.807, 2.05) is 40.3 Å². The van der Waals surface area contributed by atoms with Crippen LogP contribution < -0.4 is 5.32 Å². The summed E-state index contributed by atoms with van der Waals surface area (Å²) in [5, 5.41) is 4.50. The Labute approximate surface area is 123 Å². The Morgan fingerprint density at radius 2 is 2.19 bits per heavy atom. The third-order valence-electron chi connectivity index (χ3n) is 4.40. The van der Waals surface area contributed by atoms with Crippen molar-refractivity contribution in [2.45, 2.75) is 12.6 Å². The molecule has 2 saturated heterocycles. The Morgan fingerprint density at radius 3 is 3.10 bits per heavy atom. The van der Waals surface area contributed by atoms with Crippen LogP contribution in [-0.2, 0) is 6.54 Å². The highest BCUT2D eigenvalue weighted by Gasteiger charge is 2.38. The number of hydrogen-bond donors (Lipinski definition) is 1. The van der Waals surface area contributed by atoms with Crippen LogP contribution in [0.3, 0.4) is 0 Å². The van der Waals surface area contributed by atoms with Crippen molar-refractivity contribution in [2.75, 3.05) is 26.2 Å². The number of piperazine rings is 1. The van der Waals surface area contributed by atoms with Crippen LogP contribution in [0.4, 0.5) is 4.79 Å². The molecule has 1 atom stereocenters. The van der Waals surface area contributed by atoms with Crippen molar-refractivity contribution in [3.05, 3.63) is 42.1 Å². The molecule has 21 heavy (non-hydrogen) atoms. The minimum atomic E-state index is 0.169. The molecule has 2 aliphatic heterocycles. The number of nitrogens with one attached hydrogen (secondary N) is 1. The zero-order valence-electron chi connectivity index (χ0n) is 11.8. The van der Waals surface area contributed by atoms with E-state index in [4.69, 9.17) is 0 Å². The van der Waals surface area contributed by atoms with E-state index in [2.05, 4.69) is 16.4 Å². The van der Waals surface area contributed by atoms with E-state index in [9.17, 15) is 4.79 Å². The minimum Gasteiger partial charge on any atom is -0.318 e. The number of rotatable bonds is 2. The SMILES string of the molecule is O=C1N(Cc2ccnc3ccccc23)CC2CNCCN12. The maximum Gasteiger partial charge on any atom is 0.320 e. The number of urea groups is 1. The number of hydrogen-bond acceptors (Lipinski definition) is 3. The van der Waals surface area contributed by atoms with Crippen LogP contribution >= 0.6 is 0 Å². The van der Waals surface area contributed by atoms with Crippen molar-refractivity contribution < 1.29 is 4.79 Å². The van der Waals surface area contributed by atoms with Crippen LogP contribution in [0.5, 0.6) is 0 Å². The summed E-state index contributed by atoms with van der Waals surface area (Å²) < 4.78 is 0. The Bertz CT molecular complexity index is 682. The molecular weight excluding hydrogens is 264 g/mol. The third-order valence-corrected chi connectivity index (χ3v) is 4.40. The minimum absolute atomic E-state index is 0.169. The average Bonchev–Trinajstić information content (AvgIpc) is 2.85. The van der Waals surface area contributed by atoms with Crippen LogP contribution in [0.2, 0.25) is 0 Å². The number of fused-ring (bicyclic) bond motifs is 2. The van der Waals surface area contributed by atoms with Crippen molar-refractivity contribution >= 4 is 16.9 Å². The molecule has 2 amide bonds. The molecule has 2 fully saturated rings. The van der Waals surface area contributed by atoms with Crippen molar-refractivity contribution in [3.8, 4) is 0 Å². The molecule has 0 radical (unpaired) electrons. The van der Waals surface area contributed by atoms with Crippen LogP contribution in [0.25, 0.3) is 10.9 Å². The van der Waals surface area contributed by atoms with E-state index >= 15 is 0 Å². The Morgan fingerprint density at radius 1 is 1.29 bits per heavy atom. The van der Waals surface area contributed by atoms with Gasteiger partial charge in [0.15, 0.2) is 0 Å². The predicted molar refractivity (Wildman–Crippen MR) is 80.9 cm³/mol. The molecule has 1 N–H and O–H groups in total. The molecule has 108 valence electrons. The summed E-state index contributed by atoms with van der Waals surface area (Å²) in [6.07, 6.45) is 1.83. The zero-order chi connectivity index (χ0) is 14.2. The third kappa shape index (κ3) is 2.14. The first-order valence-corrected chi connectivity index (χ1v) is 7.42. The number of para-hydroxylation sites is 1. The summed E-state index contributed by atoms with van der Waals surface area (Å²) in [7, 11) is 0. The van der Waals surface area contributed by atoms with Crippen LogP contribution in [0.15, 0.2) is 36.5 Å². The molecule has 2 aromatic rings. The summed E-state index contributed by atoms with van der Waals surface area (Å²) in [5.41, 5.74) is 2.16. The fraction of sp³-hybridized carbons (Fsp3) is 0.375. The zero-order valence-corrected chi connectivity index (χ0v) is 11.8. The summed E-state index contributed by atoms with van der Waals surface area (Å²) in [6.45, 7) is 4.09. The molecular formula is C16H18N4O. The van der Waals surface area contributed by atoms with E-state index in [0.717, 1.165) is 37.1 Å². The Hall–Kier alpha value is -2.14. The van der Waals surface area contributed by atoms with E-state index in [1.54, 1.807) is 0 Å². The largest absolute Gasteiger partial charge is 0.320 e. The van der Waals surface area contributed by atoms with Crippen molar-refractivity contribution in [2.24, 2.45) is 0 Å². The molecule has 5 nitrogen and oxygen atoms in total. The molecule has 4 rings (SSSR count). The molecule has 2 aliphatic rings. The predicted octanol–water partition coefficient (Wildman–Crippen LogP) is 1.44. The van der Waals surface area contributed by atoms with Crippen molar-refractivity contribution in [3.63, 3.8) is 0 Å². The normalized spacial score (nSPS) is 21.9. The van der Waals surface area contributed by atoms with Gasteiger partial charge in [-0.1, -0.05) is 18.2 Å². The molecule has 1 aromatic carbocycles. The number of carbonyl (C=O) groups is 1. The molecule has 1 unspecified atom stereocenters. The number of pyridine rings is 1. The topological polar surface area (TPSA) is 48.5 Å². The van der Waals surface area contributed by atoms with Gasteiger partial charge >= 0.3 is 6.03 Å². The number of benzene rings is 1. The lowest BCUT2D eigenvalue weighted by atomic mass is 10.1. The lowest BCUT2D eigenvalue weighted by molar-refractivity contribution is 0.178. The summed E-state index contributed by atoms with van der Waals surface area (Å²) in [5.74, 6) is 0. The quantitative estimate of drug-likeness (QED) is 0.907. The lowest BCUT2D eigenvalue weighted by Crippen LogP contribution is -2.49. The van der Waals surface area contributed by atoms with Gasteiger partial charge in [0.25, 0.3) is 0 Å². The highest BCUT2D eigenvalue weighted by molar-refractivity contribution is 5.83. The van der Waals surface area contributed by atoms with Gasteiger partial charge in [-0.15, -0.1) is 0 Å². The maximum absolute atomic E-state index is 12.5. The van der Waals surface area contributed by atoms with Gasteiger partial charge in [-0.2, -0.15) is 0 Å². The van der Waals surface area contributed by atoms with Crippen molar-refractivity contribution in [1.29, 1.82) is 0 Å². The average molecular weight is 282 g/mol. The molecule has 0 aliphatic carbocycles. The summed E-state index contributed by atoms with van der Waals surface area (Å²) >= 11 is 0. The van der Waals surface area contributed by atoms with Gasteiger partial charge in [-0.3, -0.25) is 4.98 Å². The monoisotopic (exact) mass is 282 g/mol. The van der Waals surface area contributed by atoms with E-state index in [0.29, 0.717) is 12.6 Å². The Kier molecular flexibility index (Phi) is 3.00. The molecule has 0 spiro atoms. The van der Waals surface area contributed by atoms with Gasteiger partial charge in [0.1, 0.15) is 0 Å². The fourth-order valence-corrected chi connectivity index (χ4v) is 3.32. The first-order chi connectivity index (χ1) is 10.3. The molecule has 0 saturated carbocycles. The van der Waals surface area contributed by atoms with Crippen LogP contribution in [0.1, 0.15) is 5.56 Å². The smallest absolute Gasteiger partial charge is 0.318 e. The van der Waals surface area contributed by atoms with Gasteiger partial charge in [-0.05, 0) is 17.7 Å². The van der Waals surface area contributed by atoms with Gasteiger partial charge in [0.2, 0.25) is 0 Å². The second-order valence-electron chi connectivity index (χ2n) is 5.70. The maximum atomic E-state index is 12.5. The molecule has 5 heteroatoms. The number of nitrogens with zero attached hydrogens (tertiary/aromatic N) is 3. The fourth-order valence-electron chi connectivity index (χ4n) is 3.32. The molecule has 3 heterocycles. The first kappa shape index (κ1) is 12.6. The van der Waals surface area contributed by atoms with E-state index < -0.39 is 0 Å².